The Balaban J connectivity index is 1.63. The molecule has 29 heavy (non-hydrogen) atoms. The van der Waals surface area contributed by atoms with Gasteiger partial charge in [0.25, 0.3) is 0 Å². The highest BCUT2D eigenvalue weighted by Crippen LogP contribution is 2.40. The molecule has 3 aromatic heterocycles. The van der Waals surface area contributed by atoms with E-state index < -0.39 is 5.41 Å². The first-order valence-electron chi connectivity index (χ1n) is 9.75. The van der Waals surface area contributed by atoms with Crippen LogP contribution >= 0.6 is 0 Å². The summed E-state index contributed by atoms with van der Waals surface area (Å²) in [5.41, 5.74) is 4.28. The predicted octanol–water partition coefficient (Wildman–Crippen LogP) is 4.01. The quantitative estimate of drug-likeness (QED) is 0.519. The van der Waals surface area contributed by atoms with Crippen LogP contribution in [0.1, 0.15) is 25.1 Å². The molecule has 4 heterocycles. The second-order valence-electron chi connectivity index (χ2n) is 7.59. The van der Waals surface area contributed by atoms with E-state index >= 15 is 0 Å². The van der Waals surface area contributed by atoms with Crippen molar-refractivity contribution in [1.29, 1.82) is 0 Å². The fourth-order valence-electron chi connectivity index (χ4n) is 4.00. The molecule has 4 aromatic rings. The smallest absolute Gasteiger partial charge is 0.174 e. The minimum absolute atomic E-state index is 0.200. The molecule has 0 N–H and O–H groups in total. The molecule has 146 valence electrons. The minimum Gasteiger partial charge on any atom is -0.323 e. The topological polar surface area (TPSA) is 61.5 Å². The molecule has 0 radical (unpaired) electrons. The Bertz CT molecular complexity index is 1120. The van der Waals surface area contributed by atoms with Gasteiger partial charge in [-0.15, -0.1) is 0 Å². The van der Waals surface area contributed by atoms with Gasteiger partial charge in [0.2, 0.25) is 0 Å². The van der Waals surface area contributed by atoms with Crippen LogP contribution in [-0.2, 0) is 21.3 Å². The van der Waals surface area contributed by atoms with E-state index in [-0.39, 0.29) is 12.6 Å². The molecule has 0 bridgehead atoms. The summed E-state index contributed by atoms with van der Waals surface area (Å²) in [5, 5.41) is 4.67. The number of pyridine rings is 1. The van der Waals surface area contributed by atoms with Crippen LogP contribution < -0.4 is 0 Å². The monoisotopic (exact) mass is 386 g/mol. The van der Waals surface area contributed by atoms with Crippen molar-refractivity contribution in [1.82, 2.24) is 19.6 Å². The van der Waals surface area contributed by atoms with E-state index in [2.05, 4.69) is 46.3 Å². The Kier molecular flexibility index (Phi) is 4.38. The highest BCUT2D eigenvalue weighted by Gasteiger charge is 2.47. The van der Waals surface area contributed by atoms with E-state index in [1.807, 2.05) is 54.2 Å². The highest BCUT2D eigenvalue weighted by atomic mass is 16.9. The molecule has 1 unspecified atom stereocenters. The summed E-state index contributed by atoms with van der Waals surface area (Å²) >= 11 is 0. The summed E-state index contributed by atoms with van der Waals surface area (Å²) in [5.74, 6) is 0. The van der Waals surface area contributed by atoms with E-state index in [9.17, 15) is 0 Å². The molecule has 6 nitrogen and oxygen atoms in total. The molecule has 5 rings (SSSR count). The van der Waals surface area contributed by atoms with Crippen LogP contribution in [0.4, 0.5) is 0 Å². The van der Waals surface area contributed by atoms with Crippen LogP contribution in [0.3, 0.4) is 0 Å². The molecule has 1 atom stereocenters. The fraction of sp³-hybridized carbons (Fsp3) is 0.261. The number of nitrogens with zero attached hydrogens (tertiary/aromatic N) is 4. The second kappa shape index (κ2) is 7.06. The van der Waals surface area contributed by atoms with Crippen LogP contribution in [0.5, 0.6) is 0 Å². The molecule has 1 aromatic carbocycles. The molecule has 1 aliphatic heterocycles. The SMILES string of the molecule is CC1OC(C(C)(Cc2ccccc2)c2ccnc3c(-c4ccccn4)cnn23)O1. The molecule has 0 amide bonds. The average molecular weight is 386 g/mol. The summed E-state index contributed by atoms with van der Waals surface area (Å²) in [7, 11) is 0. The third kappa shape index (κ3) is 3.10. The summed E-state index contributed by atoms with van der Waals surface area (Å²) in [4.78, 5) is 9.06. The molecule has 0 saturated carbocycles. The van der Waals surface area contributed by atoms with Crippen molar-refractivity contribution in [3.63, 3.8) is 0 Å². The Labute approximate surface area is 169 Å². The van der Waals surface area contributed by atoms with E-state index in [1.165, 1.54) is 5.56 Å². The van der Waals surface area contributed by atoms with Crippen LogP contribution in [0.15, 0.2) is 73.2 Å². The molecule has 0 spiro atoms. The zero-order valence-electron chi connectivity index (χ0n) is 16.4. The van der Waals surface area contributed by atoms with E-state index in [4.69, 9.17) is 9.47 Å². The number of fused-ring (bicyclic) bond motifs is 1. The lowest BCUT2D eigenvalue weighted by molar-refractivity contribution is -0.396. The Morgan fingerprint density at radius 3 is 2.48 bits per heavy atom. The van der Waals surface area contributed by atoms with E-state index in [0.29, 0.717) is 0 Å². The predicted molar refractivity (Wildman–Crippen MR) is 109 cm³/mol. The molecule has 1 aliphatic rings. The molecule has 1 saturated heterocycles. The molecular weight excluding hydrogens is 364 g/mol. The number of ether oxygens (including phenoxy) is 2. The average Bonchev–Trinajstić information content (AvgIpc) is 3.17. The minimum atomic E-state index is -0.442. The van der Waals surface area contributed by atoms with Gasteiger partial charge in [0, 0.05) is 12.4 Å². The van der Waals surface area contributed by atoms with Crippen molar-refractivity contribution in [2.45, 2.75) is 38.3 Å². The van der Waals surface area contributed by atoms with Crippen LogP contribution in [0.2, 0.25) is 0 Å². The Hall–Kier alpha value is -3.09. The van der Waals surface area contributed by atoms with Gasteiger partial charge in [-0.1, -0.05) is 36.4 Å². The maximum absolute atomic E-state index is 5.98. The largest absolute Gasteiger partial charge is 0.323 e. The van der Waals surface area contributed by atoms with Gasteiger partial charge in [-0.2, -0.15) is 5.10 Å². The van der Waals surface area contributed by atoms with Gasteiger partial charge in [-0.05, 0) is 44.0 Å². The van der Waals surface area contributed by atoms with Crippen molar-refractivity contribution in [2.75, 3.05) is 0 Å². The summed E-state index contributed by atoms with van der Waals surface area (Å²) < 4.78 is 13.8. The zero-order chi connectivity index (χ0) is 19.8. The third-order valence-corrected chi connectivity index (χ3v) is 5.49. The number of rotatable bonds is 5. The summed E-state index contributed by atoms with van der Waals surface area (Å²) in [6, 6.07) is 18.2. The standard InChI is InChI=1S/C23H22N4O2/c1-16-28-22(29-16)23(2,14-17-8-4-3-5-9-17)20-11-13-25-21-18(15-26-27(20)21)19-10-6-7-12-24-19/h3-13,15-16,22H,14H2,1-2H3. The van der Waals surface area contributed by atoms with Gasteiger partial charge in [0.1, 0.15) is 0 Å². The van der Waals surface area contributed by atoms with E-state index in [0.717, 1.165) is 29.0 Å². The lowest BCUT2D eigenvalue weighted by Gasteiger charge is -2.45. The van der Waals surface area contributed by atoms with E-state index in [1.54, 1.807) is 6.20 Å². The van der Waals surface area contributed by atoms with Crippen molar-refractivity contribution >= 4 is 5.65 Å². The molecule has 1 fully saturated rings. The highest BCUT2D eigenvalue weighted by molar-refractivity contribution is 5.74. The van der Waals surface area contributed by atoms with Gasteiger partial charge in [-0.3, -0.25) is 4.98 Å². The lowest BCUT2D eigenvalue weighted by atomic mass is 9.78. The van der Waals surface area contributed by atoms with Crippen LogP contribution in [-0.4, -0.2) is 32.2 Å². The van der Waals surface area contributed by atoms with Gasteiger partial charge < -0.3 is 9.47 Å². The Morgan fingerprint density at radius 1 is 0.966 bits per heavy atom. The van der Waals surface area contributed by atoms with Gasteiger partial charge in [-0.25, -0.2) is 9.50 Å². The first kappa shape index (κ1) is 18.0. The maximum Gasteiger partial charge on any atom is 0.174 e. The normalized spacial score (nSPS) is 20.9. The van der Waals surface area contributed by atoms with Crippen molar-refractivity contribution in [3.05, 3.63) is 84.4 Å². The molecular formula is C23H22N4O2. The summed E-state index contributed by atoms with van der Waals surface area (Å²) in [6.45, 7) is 4.07. The van der Waals surface area contributed by atoms with Crippen LogP contribution in [0, 0.1) is 0 Å². The third-order valence-electron chi connectivity index (χ3n) is 5.49. The second-order valence-corrected chi connectivity index (χ2v) is 7.59. The van der Waals surface area contributed by atoms with Gasteiger partial charge in [0.05, 0.1) is 28.6 Å². The number of hydrogen-bond acceptors (Lipinski definition) is 5. The zero-order valence-corrected chi connectivity index (χ0v) is 16.4. The van der Waals surface area contributed by atoms with Crippen molar-refractivity contribution in [3.8, 4) is 11.3 Å². The maximum atomic E-state index is 5.98. The summed E-state index contributed by atoms with van der Waals surface area (Å²) in [6.07, 6.45) is 5.62. The van der Waals surface area contributed by atoms with Crippen LogP contribution in [0.25, 0.3) is 16.9 Å². The van der Waals surface area contributed by atoms with Gasteiger partial charge >= 0.3 is 0 Å². The Morgan fingerprint density at radius 2 is 1.76 bits per heavy atom. The number of benzene rings is 1. The van der Waals surface area contributed by atoms with Gasteiger partial charge in [0.15, 0.2) is 18.2 Å². The van der Waals surface area contributed by atoms with Crippen molar-refractivity contribution in [2.24, 2.45) is 0 Å². The first-order chi connectivity index (χ1) is 14.1. The molecule has 6 heteroatoms. The fourth-order valence-corrected chi connectivity index (χ4v) is 4.00. The molecule has 0 aliphatic carbocycles. The number of aromatic nitrogens is 4. The van der Waals surface area contributed by atoms with Crippen molar-refractivity contribution < 1.29 is 9.47 Å². The first-order valence-corrected chi connectivity index (χ1v) is 9.75. The number of hydrogen-bond donors (Lipinski definition) is 0. The lowest BCUT2D eigenvalue weighted by Crippen LogP contribution is -2.53.